The second kappa shape index (κ2) is 5.38. The number of thioether (sulfide) groups is 1. The number of piperidine rings is 1. The van der Waals surface area contributed by atoms with Crippen LogP contribution in [0.5, 0.6) is 0 Å². The molecule has 0 saturated carbocycles. The monoisotopic (exact) mass is 272 g/mol. The number of hydrogen-bond donors (Lipinski definition) is 1. The molecule has 0 aromatic rings. The molecule has 2 aliphatic rings. The molecule has 2 aliphatic heterocycles. The molecule has 2 rings (SSSR count). The molecule has 2 fully saturated rings. The van der Waals surface area contributed by atoms with Crippen molar-refractivity contribution in [2.45, 2.75) is 50.6 Å². The van der Waals surface area contributed by atoms with Gasteiger partial charge >= 0.3 is 12.0 Å². The van der Waals surface area contributed by atoms with E-state index in [1.54, 1.807) is 0 Å². The van der Waals surface area contributed by atoms with E-state index in [-0.39, 0.29) is 17.4 Å². The third-order valence-corrected chi connectivity index (χ3v) is 5.00. The van der Waals surface area contributed by atoms with Gasteiger partial charge < -0.3 is 10.0 Å². The summed E-state index contributed by atoms with van der Waals surface area (Å²) in [5.41, 5.74) is 0. The predicted molar refractivity (Wildman–Crippen MR) is 70.6 cm³/mol. The first-order valence-corrected chi connectivity index (χ1v) is 7.50. The van der Waals surface area contributed by atoms with E-state index in [1.807, 2.05) is 18.7 Å². The van der Waals surface area contributed by atoms with Crippen molar-refractivity contribution in [1.29, 1.82) is 0 Å². The zero-order valence-corrected chi connectivity index (χ0v) is 11.7. The number of urea groups is 1. The Labute approximate surface area is 112 Å². The lowest BCUT2D eigenvalue weighted by Gasteiger charge is -2.38. The zero-order chi connectivity index (χ0) is 13.3. The number of hydrogen-bond acceptors (Lipinski definition) is 3. The molecule has 0 aliphatic carbocycles. The Hall–Kier alpha value is -0.910. The zero-order valence-electron chi connectivity index (χ0n) is 10.8. The number of carboxylic acids is 1. The number of nitrogens with zero attached hydrogens (tertiary/aromatic N) is 2. The summed E-state index contributed by atoms with van der Waals surface area (Å²) in [5, 5.41) is 9.14. The first-order chi connectivity index (χ1) is 8.52. The fourth-order valence-corrected chi connectivity index (χ4v) is 3.82. The van der Waals surface area contributed by atoms with E-state index in [0.29, 0.717) is 5.75 Å². The summed E-state index contributed by atoms with van der Waals surface area (Å²) in [4.78, 5) is 27.1. The van der Waals surface area contributed by atoms with Crippen LogP contribution in [-0.2, 0) is 4.79 Å². The van der Waals surface area contributed by atoms with Gasteiger partial charge in [-0.25, -0.2) is 9.59 Å². The van der Waals surface area contributed by atoms with Gasteiger partial charge in [-0.3, -0.25) is 4.90 Å². The highest BCUT2D eigenvalue weighted by Gasteiger charge is 2.42. The SMILES string of the molecule is CC1CCCCN1C(=O)N1C(C)SCC1C(=O)O. The molecule has 5 nitrogen and oxygen atoms in total. The van der Waals surface area contributed by atoms with Crippen LogP contribution in [0.2, 0.25) is 0 Å². The summed E-state index contributed by atoms with van der Waals surface area (Å²) in [5.74, 6) is -0.408. The van der Waals surface area contributed by atoms with Gasteiger partial charge in [-0.1, -0.05) is 0 Å². The molecule has 6 heteroatoms. The van der Waals surface area contributed by atoms with Crippen molar-refractivity contribution >= 4 is 23.8 Å². The minimum atomic E-state index is -0.898. The summed E-state index contributed by atoms with van der Waals surface area (Å²) in [6.45, 7) is 4.70. The lowest BCUT2D eigenvalue weighted by molar-refractivity contribution is -0.141. The largest absolute Gasteiger partial charge is 0.480 e. The Morgan fingerprint density at radius 3 is 2.61 bits per heavy atom. The van der Waals surface area contributed by atoms with Gasteiger partial charge in [-0.05, 0) is 33.1 Å². The Morgan fingerprint density at radius 2 is 2.00 bits per heavy atom. The number of amides is 2. The molecule has 2 amide bonds. The van der Waals surface area contributed by atoms with Crippen molar-refractivity contribution in [1.82, 2.24) is 9.80 Å². The summed E-state index contributed by atoms with van der Waals surface area (Å²) in [6.07, 6.45) is 3.18. The minimum absolute atomic E-state index is 0.0484. The van der Waals surface area contributed by atoms with Gasteiger partial charge in [-0.2, -0.15) is 0 Å². The van der Waals surface area contributed by atoms with Gasteiger partial charge in [0.1, 0.15) is 6.04 Å². The van der Waals surface area contributed by atoms with Gasteiger partial charge in [-0.15, -0.1) is 11.8 Å². The fraction of sp³-hybridized carbons (Fsp3) is 0.833. The molecule has 2 heterocycles. The smallest absolute Gasteiger partial charge is 0.327 e. The van der Waals surface area contributed by atoms with Crippen LogP contribution >= 0.6 is 11.8 Å². The van der Waals surface area contributed by atoms with E-state index in [0.717, 1.165) is 25.8 Å². The van der Waals surface area contributed by atoms with Gasteiger partial charge in [0.2, 0.25) is 0 Å². The second-order valence-electron chi connectivity index (χ2n) is 5.01. The van der Waals surface area contributed by atoms with Crippen LogP contribution in [0.15, 0.2) is 0 Å². The minimum Gasteiger partial charge on any atom is -0.480 e. The third kappa shape index (κ3) is 2.43. The van der Waals surface area contributed by atoms with Crippen molar-refractivity contribution in [2.24, 2.45) is 0 Å². The first kappa shape index (κ1) is 13.5. The number of rotatable bonds is 1. The maximum atomic E-state index is 12.5. The van der Waals surface area contributed by atoms with E-state index < -0.39 is 12.0 Å². The average Bonchev–Trinajstić information content (AvgIpc) is 2.71. The van der Waals surface area contributed by atoms with Crippen LogP contribution in [-0.4, -0.2) is 56.7 Å². The highest BCUT2D eigenvalue weighted by molar-refractivity contribution is 8.00. The molecule has 3 unspecified atom stereocenters. The maximum absolute atomic E-state index is 12.5. The Bertz CT molecular complexity index is 350. The van der Waals surface area contributed by atoms with Crippen LogP contribution in [0.25, 0.3) is 0 Å². The first-order valence-electron chi connectivity index (χ1n) is 6.45. The lowest BCUT2D eigenvalue weighted by atomic mass is 10.0. The number of carboxylic acid groups (broad SMARTS) is 1. The quantitative estimate of drug-likeness (QED) is 0.791. The predicted octanol–water partition coefficient (Wildman–Crippen LogP) is 1.83. The number of carbonyl (C=O) groups excluding carboxylic acids is 1. The normalized spacial score (nSPS) is 32.7. The molecule has 0 radical (unpaired) electrons. The van der Waals surface area contributed by atoms with Crippen molar-refractivity contribution in [2.75, 3.05) is 12.3 Å². The standard InChI is InChI=1S/C12H20N2O3S/c1-8-5-3-4-6-13(8)12(17)14-9(2)18-7-10(14)11(15)16/h8-10H,3-7H2,1-2H3,(H,15,16). The van der Waals surface area contributed by atoms with E-state index in [4.69, 9.17) is 0 Å². The Kier molecular flexibility index (Phi) is 4.04. The summed E-state index contributed by atoms with van der Waals surface area (Å²) < 4.78 is 0. The van der Waals surface area contributed by atoms with Crippen molar-refractivity contribution in [3.05, 3.63) is 0 Å². The summed E-state index contributed by atoms with van der Waals surface area (Å²) >= 11 is 1.53. The van der Waals surface area contributed by atoms with Crippen LogP contribution < -0.4 is 0 Å². The van der Waals surface area contributed by atoms with Crippen molar-refractivity contribution < 1.29 is 14.7 Å². The van der Waals surface area contributed by atoms with Crippen LogP contribution in [0.1, 0.15) is 33.1 Å². The number of carbonyl (C=O) groups is 2. The van der Waals surface area contributed by atoms with Gasteiger partial charge in [0.25, 0.3) is 0 Å². The van der Waals surface area contributed by atoms with E-state index >= 15 is 0 Å². The maximum Gasteiger partial charge on any atom is 0.327 e. The Balaban J connectivity index is 2.13. The van der Waals surface area contributed by atoms with E-state index in [1.165, 1.54) is 16.7 Å². The molecular formula is C12H20N2O3S. The summed E-state index contributed by atoms with van der Waals surface area (Å²) in [7, 11) is 0. The molecule has 0 bridgehead atoms. The molecule has 0 aromatic heterocycles. The number of likely N-dealkylation sites (tertiary alicyclic amines) is 1. The third-order valence-electron chi connectivity index (χ3n) is 3.78. The molecule has 102 valence electrons. The second-order valence-corrected chi connectivity index (χ2v) is 6.36. The van der Waals surface area contributed by atoms with Crippen molar-refractivity contribution in [3.8, 4) is 0 Å². The van der Waals surface area contributed by atoms with Gasteiger partial charge in [0.15, 0.2) is 0 Å². The highest BCUT2D eigenvalue weighted by Crippen LogP contribution is 2.31. The molecule has 0 aromatic carbocycles. The average molecular weight is 272 g/mol. The molecular weight excluding hydrogens is 252 g/mol. The van der Waals surface area contributed by atoms with Crippen LogP contribution in [0, 0.1) is 0 Å². The number of aliphatic carboxylic acids is 1. The highest BCUT2D eigenvalue weighted by atomic mass is 32.2. The van der Waals surface area contributed by atoms with Crippen LogP contribution in [0.4, 0.5) is 4.79 Å². The van der Waals surface area contributed by atoms with E-state index in [9.17, 15) is 14.7 Å². The van der Waals surface area contributed by atoms with Gasteiger partial charge in [0.05, 0.1) is 5.37 Å². The topological polar surface area (TPSA) is 60.9 Å². The Morgan fingerprint density at radius 1 is 1.28 bits per heavy atom. The molecule has 18 heavy (non-hydrogen) atoms. The van der Waals surface area contributed by atoms with Crippen LogP contribution in [0.3, 0.4) is 0 Å². The lowest BCUT2D eigenvalue weighted by Crippen LogP contribution is -2.54. The molecule has 0 spiro atoms. The van der Waals surface area contributed by atoms with E-state index in [2.05, 4.69) is 0 Å². The molecule has 3 atom stereocenters. The molecule has 1 N–H and O–H groups in total. The van der Waals surface area contributed by atoms with Gasteiger partial charge in [0, 0.05) is 18.3 Å². The summed E-state index contributed by atoms with van der Waals surface area (Å²) in [6, 6.07) is -0.558. The fourth-order valence-electron chi connectivity index (χ4n) is 2.65. The molecule has 2 saturated heterocycles. The van der Waals surface area contributed by atoms with Crippen molar-refractivity contribution in [3.63, 3.8) is 0 Å².